The van der Waals surface area contributed by atoms with Gasteiger partial charge in [-0.2, -0.15) is 0 Å². The summed E-state index contributed by atoms with van der Waals surface area (Å²) in [5.41, 5.74) is 10.4. The van der Waals surface area contributed by atoms with E-state index in [2.05, 4.69) is 19.1 Å². The summed E-state index contributed by atoms with van der Waals surface area (Å²) in [5, 5.41) is 0.939. The molecule has 2 fully saturated rings. The Morgan fingerprint density at radius 1 is 1.08 bits per heavy atom. The molecule has 1 aliphatic heterocycles. The van der Waals surface area contributed by atoms with E-state index < -0.39 is 0 Å². The number of aryl methyl sites for hydroxylation is 2. The third kappa shape index (κ3) is 3.06. The predicted molar refractivity (Wildman–Crippen MR) is 101 cm³/mol. The van der Waals surface area contributed by atoms with E-state index in [1.165, 1.54) is 0 Å². The maximum Gasteiger partial charge on any atom is 0.254 e. The molecule has 2 amide bonds. The van der Waals surface area contributed by atoms with Gasteiger partial charge >= 0.3 is 0 Å². The molecule has 1 saturated heterocycles. The van der Waals surface area contributed by atoms with Crippen LogP contribution < -0.4 is 5.73 Å². The molecule has 0 radical (unpaired) electrons. The van der Waals surface area contributed by atoms with Crippen molar-refractivity contribution in [1.82, 2.24) is 9.88 Å². The maximum atomic E-state index is 13.3. The monoisotopic (exact) mass is 351 g/mol. The Balaban J connectivity index is 1.73. The molecule has 4 rings (SSSR count). The van der Waals surface area contributed by atoms with Gasteiger partial charge in [0.05, 0.1) is 11.1 Å². The van der Waals surface area contributed by atoms with Gasteiger partial charge < -0.3 is 10.6 Å². The fourth-order valence-electron chi connectivity index (χ4n) is 4.00. The van der Waals surface area contributed by atoms with Gasteiger partial charge in [-0.05, 0) is 57.2 Å². The summed E-state index contributed by atoms with van der Waals surface area (Å²) in [6, 6.07) is 6.19. The molecule has 1 aromatic heterocycles. The van der Waals surface area contributed by atoms with Gasteiger partial charge in [0.25, 0.3) is 5.91 Å². The summed E-state index contributed by atoms with van der Waals surface area (Å²) in [7, 11) is 0. The molecule has 26 heavy (non-hydrogen) atoms. The van der Waals surface area contributed by atoms with Gasteiger partial charge in [0.15, 0.2) is 0 Å². The van der Waals surface area contributed by atoms with Crippen LogP contribution in [0.3, 0.4) is 0 Å². The molecule has 136 valence electrons. The molecule has 2 heterocycles. The van der Waals surface area contributed by atoms with E-state index >= 15 is 0 Å². The number of piperidine rings is 1. The van der Waals surface area contributed by atoms with Crippen molar-refractivity contribution in [3.8, 4) is 0 Å². The molecule has 0 spiro atoms. The molecule has 2 N–H and O–H groups in total. The predicted octanol–water partition coefficient (Wildman–Crippen LogP) is 3.07. The summed E-state index contributed by atoms with van der Waals surface area (Å²) in [4.78, 5) is 31.4. The van der Waals surface area contributed by atoms with Gasteiger partial charge in [-0.15, -0.1) is 0 Å². The highest BCUT2D eigenvalue weighted by atomic mass is 16.2. The lowest BCUT2D eigenvalue weighted by molar-refractivity contribution is -0.123. The van der Waals surface area contributed by atoms with E-state index in [0.29, 0.717) is 31.8 Å². The highest BCUT2D eigenvalue weighted by molar-refractivity contribution is 6.07. The van der Waals surface area contributed by atoms with Crippen LogP contribution in [0.5, 0.6) is 0 Å². The Bertz CT molecular complexity index is 894. The molecule has 0 unspecified atom stereocenters. The minimum Gasteiger partial charge on any atom is -0.369 e. The van der Waals surface area contributed by atoms with Crippen LogP contribution in [0.4, 0.5) is 0 Å². The highest BCUT2D eigenvalue weighted by Gasteiger charge is 2.30. The number of hydrogen-bond acceptors (Lipinski definition) is 3. The van der Waals surface area contributed by atoms with Crippen molar-refractivity contribution < 1.29 is 9.59 Å². The number of aromatic nitrogens is 1. The average molecular weight is 351 g/mol. The zero-order valence-electron chi connectivity index (χ0n) is 15.4. The lowest BCUT2D eigenvalue weighted by Gasteiger charge is -2.31. The number of hydrogen-bond donors (Lipinski definition) is 1. The number of carbonyl (C=O) groups is 2. The molecule has 1 saturated carbocycles. The Morgan fingerprint density at radius 2 is 1.77 bits per heavy atom. The van der Waals surface area contributed by atoms with Gasteiger partial charge in [0.1, 0.15) is 0 Å². The standard InChI is InChI=1S/C21H25N3O2/c1-12-9-13(2)19-16(10-12)17(11-18(23-19)14-3-4-14)21(26)24-7-5-15(6-8-24)20(22)25/h9-11,14-15H,3-8H2,1-2H3,(H2,22,25). The van der Waals surface area contributed by atoms with E-state index in [-0.39, 0.29) is 17.7 Å². The molecule has 0 bridgehead atoms. The largest absolute Gasteiger partial charge is 0.369 e. The first-order chi connectivity index (χ1) is 12.4. The van der Waals surface area contributed by atoms with Gasteiger partial charge in [0.2, 0.25) is 5.91 Å². The summed E-state index contributed by atoms with van der Waals surface area (Å²) < 4.78 is 0. The SMILES string of the molecule is Cc1cc(C)c2nc(C3CC3)cc(C(=O)N3CCC(C(N)=O)CC3)c2c1. The van der Waals surface area contributed by atoms with Crippen molar-refractivity contribution in [3.63, 3.8) is 0 Å². The quantitative estimate of drug-likeness (QED) is 0.923. The van der Waals surface area contributed by atoms with Crippen LogP contribution in [0.15, 0.2) is 18.2 Å². The molecular weight excluding hydrogens is 326 g/mol. The molecule has 1 aromatic carbocycles. The van der Waals surface area contributed by atoms with Crippen molar-refractivity contribution in [2.75, 3.05) is 13.1 Å². The number of pyridine rings is 1. The molecule has 5 nitrogen and oxygen atoms in total. The lowest BCUT2D eigenvalue weighted by Crippen LogP contribution is -2.41. The van der Waals surface area contributed by atoms with Crippen molar-refractivity contribution in [2.24, 2.45) is 11.7 Å². The number of likely N-dealkylation sites (tertiary alicyclic amines) is 1. The maximum absolute atomic E-state index is 13.3. The topological polar surface area (TPSA) is 76.3 Å². The Morgan fingerprint density at radius 3 is 2.38 bits per heavy atom. The van der Waals surface area contributed by atoms with E-state index in [1.807, 2.05) is 17.9 Å². The summed E-state index contributed by atoms with van der Waals surface area (Å²) in [5.74, 6) is 0.174. The number of amides is 2. The van der Waals surface area contributed by atoms with Crippen molar-refractivity contribution in [1.29, 1.82) is 0 Å². The first kappa shape index (κ1) is 17.0. The molecule has 2 aromatic rings. The summed E-state index contributed by atoms with van der Waals surface area (Å²) in [6.45, 7) is 5.28. The van der Waals surface area contributed by atoms with Crippen LogP contribution in [-0.2, 0) is 4.79 Å². The number of rotatable bonds is 3. The Labute approximate surface area is 153 Å². The first-order valence-electron chi connectivity index (χ1n) is 9.44. The lowest BCUT2D eigenvalue weighted by atomic mass is 9.95. The fourth-order valence-corrected chi connectivity index (χ4v) is 4.00. The first-order valence-corrected chi connectivity index (χ1v) is 9.44. The van der Waals surface area contributed by atoms with Crippen LogP contribution in [0.1, 0.15) is 58.8 Å². The molecule has 2 aliphatic rings. The zero-order chi connectivity index (χ0) is 18.4. The molecular formula is C21H25N3O2. The van der Waals surface area contributed by atoms with Crippen LogP contribution in [-0.4, -0.2) is 34.8 Å². The minimum atomic E-state index is -0.256. The van der Waals surface area contributed by atoms with Crippen molar-refractivity contribution in [2.45, 2.75) is 45.4 Å². The normalized spacial score (nSPS) is 18.3. The average Bonchev–Trinajstić information content (AvgIpc) is 3.45. The number of primary amides is 1. The molecule has 1 aliphatic carbocycles. The van der Waals surface area contributed by atoms with Crippen molar-refractivity contribution >= 4 is 22.7 Å². The van der Waals surface area contributed by atoms with Crippen LogP contribution in [0, 0.1) is 19.8 Å². The van der Waals surface area contributed by atoms with Gasteiger partial charge in [-0.3, -0.25) is 14.6 Å². The van der Waals surface area contributed by atoms with Crippen LogP contribution >= 0.6 is 0 Å². The number of benzene rings is 1. The number of nitrogens with two attached hydrogens (primary N) is 1. The molecule has 0 atom stereocenters. The second-order valence-corrected chi connectivity index (χ2v) is 7.82. The smallest absolute Gasteiger partial charge is 0.254 e. The van der Waals surface area contributed by atoms with Crippen LogP contribution in [0.2, 0.25) is 0 Å². The number of nitrogens with zero attached hydrogens (tertiary/aromatic N) is 2. The van der Waals surface area contributed by atoms with Crippen molar-refractivity contribution in [3.05, 3.63) is 40.6 Å². The van der Waals surface area contributed by atoms with Gasteiger partial charge in [-0.1, -0.05) is 11.6 Å². The Kier molecular flexibility index (Phi) is 4.17. The third-order valence-electron chi connectivity index (χ3n) is 5.68. The number of carbonyl (C=O) groups excluding carboxylic acids is 2. The van der Waals surface area contributed by atoms with Crippen LogP contribution in [0.25, 0.3) is 10.9 Å². The van der Waals surface area contributed by atoms with Gasteiger partial charge in [0, 0.05) is 36.0 Å². The van der Waals surface area contributed by atoms with E-state index in [0.717, 1.165) is 46.1 Å². The Hall–Kier alpha value is -2.43. The minimum absolute atomic E-state index is 0.0484. The fraction of sp³-hybridized carbons (Fsp3) is 0.476. The van der Waals surface area contributed by atoms with E-state index in [1.54, 1.807) is 0 Å². The van der Waals surface area contributed by atoms with Gasteiger partial charge in [-0.25, -0.2) is 0 Å². The second kappa shape index (κ2) is 6.38. The zero-order valence-corrected chi connectivity index (χ0v) is 15.4. The highest BCUT2D eigenvalue weighted by Crippen LogP contribution is 2.41. The number of fused-ring (bicyclic) bond motifs is 1. The molecule has 5 heteroatoms. The second-order valence-electron chi connectivity index (χ2n) is 7.82. The summed E-state index contributed by atoms with van der Waals surface area (Å²) >= 11 is 0. The third-order valence-corrected chi connectivity index (χ3v) is 5.68. The van der Waals surface area contributed by atoms with E-state index in [4.69, 9.17) is 10.7 Å². The van der Waals surface area contributed by atoms with E-state index in [9.17, 15) is 9.59 Å². The summed E-state index contributed by atoms with van der Waals surface area (Å²) in [6.07, 6.45) is 3.61.